The third-order valence-corrected chi connectivity index (χ3v) is 2.39. The summed E-state index contributed by atoms with van der Waals surface area (Å²) in [4.78, 5) is 3.06. The zero-order valence-electron chi connectivity index (χ0n) is 7.53. The molecule has 0 bridgehead atoms. The highest BCUT2D eigenvalue weighted by Crippen LogP contribution is 2.29. The van der Waals surface area contributed by atoms with Gasteiger partial charge < -0.3 is 10.0 Å². The van der Waals surface area contributed by atoms with Gasteiger partial charge in [0.25, 0.3) is 0 Å². The van der Waals surface area contributed by atoms with Crippen molar-refractivity contribution in [1.82, 2.24) is 0 Å². The first-order valence-electron chi connectivity index (χ1n) is 3.69. The predicted octanol–water partition coefficient (Wildman–Crippen LogP) is 2.18. The largest absolute Gasteiger partial charge is 0.506 e. The number of benzene rings is 1. The van der Waals surface area contributed by atoms with E-state index in [4.69, 9.17) is 0 Å². The Kier molecular flexibility index (Phi) is 2.87. The Morgan fingerprint density at radius 1 is 1.33 bits per heavy atom. The summed E-state index contributed by atoms with van der Waals surface area (Å²) < 4.78 is 0. The van der Waals surface area contributed by atoms with Crippen molar-refractivity contribution in [3.63, 3.8) is 0 Å². The lowest BCUT2D eigenvalue weighted by Crippen LogP contribution is -2.08. The molecule has 1 N–H and O–H groups in total. The third kappa shape index (κ3) is 1.85. The predicted molar refractivity (Wildman–Crippen MR) is 54.2 cm³/mol. The van der Waals surface area contributed by atoms with Crippen LogP contribution in [0.3, 0.4) is 0 Å². The molecule has 0 saturated carbocycles. The summed E-state index contributed by atoms with van der Waals surface area (Å²) >= 11 is 1.67. The van der Waals surface area contributed by atoms with E-state index in [1.807, 2.05) is 37.4 Å². The summed E-state index contributed by atoms with van der Waals surface area (Å²) in [5, 5.41) is 9.45. The van der Waals surface area contributed by atoms with E-state index < -0.39 is 0 Å². The van der Waals surface area contributed by atoms with Gasteiger partial charge in [0.1, 0.15) is 5.75 Å². The molecule has 0 unspecified atom stereocenters. The number of thioether (sulfide) groups is 1. The first-order chi connectivity index (χ1) is 5.65. The van der Waals surface area contributed by atoms with Crippen LogP contribution in [0.1, 0.15) is 0 Å². The number of anilines is 1. The first-order valence-corrected chi connectivity index (χ1v) is 4.92. The van der Waals surface area contributed by atoms with Crippen molar-refractivity contribution >= 4 is 17.4 Å². The molecule has 0 aliphatic rings. The normalized spacial score (nSPS) is 9.92. The first kappa shape index (κ1) is 9.26. The number of nitrogens with zero attached hydrogens (tertiary/aromatic N) is 1. The van der Waals surface area contributed by atoms with Crippen LogP contribution in [0.5, 0.6) is 5.75 Å². The van der Waals surface area contributed by atoms with Gasteiger partial charge in [-0.1, -0.05) is 0 Å². The highest BCUT2D eigenvalue weighted by molar-refractivity contribution is 7.98. The third-order valence-electron chi connectivity index (χ3n) is 1.66. The molecule has 0 saturated heterocycles. The van der Waals surface area contributed by atoms with Crippen LogP contribution >= 0.6 is 11.8 Å². The molecule has 2 nitrogen and oxygen atoms in total. The summed E-state index contributed by atoms with van der Waals surface area (Å²) in [6.07, 6.45) is 2.02. The maximum atomic E-state index is 9.45. The van der Waals surface area contributed by atoms with Gasteiger partial charge in [0.05, 0.1) is 5.69 Å². The monoisotopic (exact) mass is 183 g/mol. The van der Waals surface area contributed by atoms with Crippen LogP contribution in [0, 0.1) is 0 Å². The van der Waals surface area contributed by atoms with Crippen LogP contribution in [0.4, 0.5) is 5.69 Å². The van der Waals surface area contributed by atoms with Gasteiger partial charge in [0.15, 0.2) is 0 Å². The fraction of sp³-hybridized carbons (Fsp3) is 0.333. The average Bonchev–Trinajstić information content (AvgIpc) is 2.05. The molecule has 1 rings (SSSR count). The van der Waals surface area contributed by atoms with E-state index >= 15 is 0 Å². The topological polar surface area (TPSA) is 23.5 Å². The number of phenols is 1. The van der Waals surface area contributed by atoms with E-state index in [1.165, 1.54) is 0 Å². The van der Waals surface area contributed by atoms with E-state index in [-0.39, 0.29) is 0 Å². The summed E-state index contributed by atoms with van der Waals surface area (Å²) in [5.41, 5.74) is 0.863. The number of hydrogen-bond donors (Lipinski definition) is 1. The van der Waals surface area contributed by atoms with Gasteiger partial charge in [0.2, 0.25) is 0 Å². The second kappa shape index (κ2) is 3.72. The second-order valence-corrected chi connectivity index (χ2v) is 3.63. The van der Waals surface area contributed by atoms with E-state index in [2.05, 4.69) is 0 Å². The van der Waals surface area contributed by atoms with Gasteiger partial charge in [-0.2, -0.15) is 0 Å². The maximum Gasteiger partial charge on any atom is 0.138 e. The van der Waals surface area contributed by atoms with Crippen LogP contribution in [0.25, 0.3) is 0 Å². The second-order valence-electron chi connectivity index (χ2n) is 2.75. The van der Waals surface area contributed by atoms with Crippen molar-refractivity contribution in [2.24, 2.45) is 0 Å². The zero-order chi connectivity index (χ0) is 9.14. The number of hydrogen-bond acceptors (Lipinski definition) is 3. The number of rotatable bonds is 2. The Bertz CT molecular complexity index is 273. The summed E-state index contributed by atoms with van der Waals surface area (Å²) in [6, 6.07) is 5.61. The van der Waals surface area contributed by atoms with Crippen LogP contribution in [-0.2, 0) is 0 Å². The van der Waals surface area contributed by atoms with Gasteiger partial charge >= 0.3 is 0 Å². The molecule has 3 heteroatoms. The van der Waals surface area contributed by atoms with Crippen LogP contribution in [0.15, 0.2) is 23.1 Å². The van der Waals surface area contributed by atoms with E-state index in [1.54, 1.807) is 17.8 Å². The van der Waals surface area contributed by atoms with E-state index in [0.717, 1.165) is 10.6 Å². The van der Waals surface area contributed by atoms with Crippen LogP contribution in [0.2, 0.25) is 0 Å². The van der Waals surface area contributed by atoms with Gasteiger partial charge in [0, 0.05) is 19.0 Å². The van der Waals surface area contributed by atoms with Crippen molar-refractivity contribution in [3.05, 3.63) is 18.2 Å². The van der Waals surface area contributed by atoms with Crippen molar-refractivity contribution in [2.75, 3.05) is 25.3 Å². The van der Waals surface area contributed by atoms with Gasteiger partial charge in [-0.25, -0.2) is 0 Å². The van der Waals surface area contributed by atoms with E-state index in [9.17, 15) is 5.11 Å². The Balaban J connectivity index is 3.08. The van der Waals surface area contributed by atoms with Gasteiger partial charge in [-0.05, 0) is 24.5 Å². The van der Waals surface area contributed by atoms with Crippen molar-refractivity contribution in [1.29, 1.82) is 0 Å². The molecule has 12 heavy (non-hydrogen) atoms. The molecule has 0 amide bonds. The quantitative estimate of drug-likeness (QED) is 0.711. The number of aromatic hydroxyl groups is 1. The average molecular weight is 183 g/mol. The lowest BCUT2D eigenvalue weighted by atomic mass is 10.3. The molecule has 0 fully saturated rings. The zero-order valence-corrected chi connectivity index (χ0v) is 8.35. The summed E-state index contributed by atoms with van der Waals surface area (Å²) in [6.45, 7) is 0. The van der Waals surface area contributed by atoms with Crippen LogP contribution < -0.4 is 4.90 Å². The van der Waals surface area contributed by atoms with Crippen molar-refractivity contribution < 1.29 is 5.11 Å². The van der Waals surface area contributed by atoms with Crippen molar-refractivity contribution in [3.8, 4) is 5.75 Å². The minimum absolute atomic E-state index is 0.331. The molecule has 66 valence electrons. The molecular weight excluding hydrogens is 170 g/mol. The van der Waals surface area contributed by atoms with Crippen LogP contribution in [-0.4, -0.2) is 25.5 Å². The molecule has 0 aliphatic carbocycles. The molecule has 1 aromatic carbocycles. The smallest absolute Gasteiger partial charge is 0.138 e. The molecule has 1 aromatic rings. The fourth-order valence-corrected chi connectivity index (χ4v) is 1.42. The Morgan fingerprint density at radius 2 is 2.00 bits per heavy atom. The lowest BCUT2D eigenvalue weighted by molar-refractivity contribution is 0.475. The molecule has 0 heterocycles. The Hall–Kier alpha value is -0.830. The van der Waals surface area contributed by atoms with Crippen molar-refractivity contribution in [2.45, 2.75) is 4.90 Å². The van der Waals surface area contributed by atoms with Gasteiger partial charge in [-0.15, -0.1) is 11.8 Å². The highest BCUT2D eigenvalue weighted by atomic mass is 32.2. The van der Waals surface area contributed by atoms with E-state index in [0.29, 0.717) is 5.75 Å². The number of phenolic OH excluding ortho intramolecular Hbond substituents is 1. The lowest BCUT2D eigenvalue weighted by Gasteiger charge is -2.14. The molecule has 0 atom stereocenters. The minimum Gasteiger partial charge on any atom is -0.506 e. The standard InChI is InChI=1S/C9H13NOS/c1-10(2)8-6-7(12-3)4-5-9(8)11/h4-6,11H,1-3H3. The fourth-order valence-electron chi connectivity index (χ4n) is 0.988. The Labute approximate surface area is 77.2 Å². The molecule has 0 aromatic heterocycles. The van der Waals surface area contributed by atoms with Gasteiger partial charge in [-0.3, -0.25) is 0 Å². The SMILES string of the molecule is CSc1ccc(O)c(N(C)C)c1. The molecule has 0 aliphatic heterocycles. The maximum absolute atomic E-state index is 9.45. The molecular formula is C9H13NOS. The Morgan fingerprint density at radius 3 is 2.50 bits per heavy atom. The molecule has 0 spiro atoms. The summed E-state index contributed by atoms with van der Waals surface area (Å²) in [7, 11) is 3.83. The summed E-state index contributed by atoms with van der Waals surface area (Å²) in [5.74, 6) is 0.331. The minimum atomic E-state index is 0.331. The highest BCUT2D eigenvalue weighted by Gasteiger charge is 2.03. The molecule has 0 radical (unpaired) electrons.